The van der Waals surface area contributed by atoms with E-state index in [1.165, 1.54) is 0 Å². The van der Waals surface area contributed by atoms with Gasteiger partial charge in [0.05, 0.1) is 5.92 Å². The molecule has 2 atom stereocenters. The molecule has 0 aromatic rings. The SMILES string of the molecule is NNC(=O)[C@@H]1CCCC[C@H]1N. The zero-order valence-electron chi connectivity index (χ0n) is 6.55. The van der Waals surface area contributed by atoms with Gasteiger partial charge < -0.3 is 5.73 Å². The lowest BCUT2D eigenvalue weighted by molar-refractivity contribution is -0.126. The van der Waals surface area contributed by atoms with E-state index in [1.54, 1.807) is 0 Å². The molecule has 0 aromatic heterocycles. The molecule has 64 valence electrons. The molecule has 1 aliphatic rings. The number of nitrogens with one attached hydrogen (secondary N) is 1. The van der Waals surface area contributed by atoms with E-state index in [9.17, 15) is 4.79 Å². The van der Waals surface area contributed by atoms with Crippen LogP contribution >= 0.6 is 0 Å². The summed E-state index contributed by atoms with van der Waals surface area (Å²) in [7, 11) is 0. The lowest BCUT2D eigenvalue weighted by Crippen LogP contribution is -2.45. The largest absolute Gasteiger partial charge is 0.327 e. The van der Waals surface area contributed by atoms with Gasteiger partial charge in [0.2, 0.25) is 5.91 Å². The number of nitrogens with two attached hydrogens (primary N) is 2. The number of hydrogen-bond donors (Lipinski definition) is 3. The average Bonchev–Trinajstić information content (AvgIpc) is 2.04. The van der Waals surface area contributed by atoms with E-state index in [1.807, 2.05) is 0 Å². The Bertz CT molecular complexity index is 149. The predicted molar refractivity (Wildman–Crippen MR) is 42.3 cm³/mol. The summed E-state index contributed by atoms with van der Waals surface area (Å²) in [5.41, 5.74) is 7.89. The van der Waals surface area contributed by atoms with Crippen molar-refractivity contribution in [2.45, 2.75) is 31.7 Å². The highest BCUT2D eigenvalue weighted by molar-refractivity contribution is 5.78. The van der Waals surface area contributed by atoms with Gasteiger partial charge in [0.15, 0.2) is 0 Å². The molecule has 0 heterocycles. The van der Waals surface area contributed by atoms with Crippen molar-refractivity contribution in [1.29, 1.82) is 0 Å². The van der Waals surface area contributed by atoms with Crippen LogP contribution in [0.1, 0.15) is 25.7 Å². The fourth-order valence-corrected chi connectivity index (χ4v) is 1.59. The van der Waals surface area contributed by atoms with Crippen molar-refractivity contribution < 1.29 is 4.79 Å². The van der Waals surface area contributed by atoms with Crippen LogP contribution in [0.3, 0.4) is 0 Å². The Hall–Kier alpha value is -0.610. The zero-order chi connectivity index (χ0) is 8.27. The maximum atomic E-state index is 11.1. The zero-order valence-corrected chi connectivity index (χ0v) is 6.55. The average molecular weight is 157 g/mol. The van der Waals surface area contributed by atoms with Gasteiger partial charge >= 0.3 is 0 Å². The Morgan fingerprint density at radius 2 is 2.00 bits per heavy atom. The first-order chi connectivity index (χ1) is 5.25. The third-order valence-electron chi connectivity index (χ3n) is 2.30. The number of carbonyl (C=O) groups excluding carboxylic acids is 1. The molecule has 4 heteroatoms. The number of carbonyl (C=O) groups is 1. The van der Waals surface area contributed by atoms with Gasteiger partial charge in [0.25, 0.3) is 0 Å². The molecule has 0 aromatic carbocycles. The summed E-state index contributed by atoms with van der Waals surface area (Å²) in [6.45, 7) is 0. The smallest absolute Gasteiger partial charge is 0.238 e. The highest BCUT2D eigenvalue weighted by Gasteiger charge is 2.27. The van der Waals surface area contributed by atoms with Crippen molar-refractivity contribution in [3.63, 3.8) is 0 Å². The molecule has 0 spiro atoms. The Morgan fingerprint density at radius 3 is 2.55 bits per heavy atom. The molecule has 0 bridgehead atoms. The summed E-state index contributed by atoms with van der Waals surface area (Å²) in [4.78, 5) is 11.1. The lowest BCUT2D eigenvalue weighted by atomic mass is 9.85. The van der Waals surface area contributed by atoms with Crippen molar-refractivity contribution >= 4 is 5.91 Å². The molecule has 0 aliphatic heterocycles. The molecule has 11 heavy (non-hydrogen) atoms. The topological polar surface area (TPSA) is 81.1 Å². The second-order valence-corrected chi connectivity index (χ2v) is 3.06. The van der Waals surface area contributed by atoms with Crippen LogP contribution in [0.15, 0.2) is 0 Å². The molecule has 1 rings (SSSR count). The van der Waals surface area contributed by atoms with Crippen LogP contribution in [-0.2, 0) is 4.79 Å². The maximum Gasteiger partial charge on any atom is 0.238 e. The summed E-state index contributed by atoms with van der Waals surface area (Å²) < 4.78 is 0. The Labute approximate surface area is 66.3 Å². The van der Waals surface area contributed by atoms with E-state index in [4.69, 9.17) is 11.6 Å². The van der Waals surface area contributed by atoms with E-state index in [0.717, 1.165) is 25.7 Å². The monoisotopic (exact) mass is 157 g/mol. The van der Waals surface area contributed by atoms with E-state index >= 15 is 0 Å². The number of hydrogen-bond acceptors (Lipinski definition) is 3. The molecule has 0 unspecified atom stereocenters. The van der Waals surface area contributed by atoms with E-state index in [2.05, 4.69) is 5.43 Å². The van der Waals surface area contributed by atoms with Gasteiger partial charge in [-0.3, -0.25) is 10.2 Å². The maximum absolute atomic E-state index is 11.1. The van der Waals surface area contributed by atoms with E-state index in [-0.39, 0.29) is 17.9 Å². The van der Waals surface area contributed by atoms with Gasteiger partial charge in [-0.15, -0.1) is 0 Å². The third kappa shape index (κ3) is 1.91. The first-order valence-electron chi connectivity index (χ1n) is 4.01. The first-order valence-corrected chi connectivity index (χ1v) is 4.01. The highest BCUT2D eigenvalue weighted by atomic mass is 16.2. The minimum Gasteiger partial charge on any atom is -0.327 e. The first kappa shape index (κ1) is 8.49. The molecule has 1 fully saturated rings. The normalized spacial score (nSPS) is 31.5. The second-order valence-electron chi connectivity index (χ2n) is 3.06. The van der Waals surface area contributed by atoms with Gasteiger partial charge in [-0.25, -0.2) is 5.84 Å². The van der Waals surface area contributed by atoms with Gasteiger partial charge in [0.1, 0.15) is 0 Å². The highest BCUT2D eigenvalue weighted by Crippen LogP contribution is 2.22. The Kier molecular flexibility index (Phi) is 2.84. The molecule has 0 saturated heterocycles. The molecule has 1 aliphatic carbocycles. The summed E-state index contributed by atoms with van der Waals surface area (Å²) in [5, 5.41) is 0. The van der Waals surface area contributed by atoms with Gasteiger partial charge in [-0.1, -0.05) is 12.8 Å². The standard InChI is InChI=1S/C7H15N3O/c8-6-4-2-1-3-5(6)7(11)10-9/h5-6H,1-4,8-9H2,(H,10,11)/t5-,6-/m1/s1. The molecule has 1 amide bonds. The van der Waals surface area contributed by atoms with E-state index < -0.39 is 0 Å². The van der Waals surface area contributed by atoms with Crippen LogP contribution in [-0.4, -0.2) is 11.9 Å². The Balaban J connectivity index is 2.47. The van der Waals surface area contributed by atoms with Crippen LogP contribution in [0, 0.1) is 5.92 Å². The third-order valence-corrected chi connectivity index (χ3v) is 2.30. The van der Waals surface area contributed by atoms with E-state index in [0.29, 0.717) is 0 Å². The molecule has 4 nitrogen and oxygen atoms in total. The Morgan fingerprint density at radius 1 is 1.36 bits per heavy atom. The molecule has 0 radical (unpaired) electrons. The van der Waals surface area contributed by atoms with Crippen LogP contribution in [0.5, 0.6) is 0 Å². The molecular weight excluding hydrogens is 142 g/mol. The van der Waals surface area contributed by atoms with Crippen LogP contribution < -0.4 is 17.0 Å². The predicted octanol–water partition coefficient (Wildman–Crippen LogP) is -0.506. The van der Waals surface area contributed by atoms with Crippen molar-refractivity contribution in [3.05, 3.63) is 0 Å². The van der Waals surface area contributed by atoms with Gasteiger partial charge in [0, 0.05) is 6.04 Å². The summed E-state index contributed by atoms with van der Waals surface area (Å²) in [6, 6.07) is 0.00676. The summed E-state index contributed by atoms with van der Waals surface area (Å²) in [5.74, 6) is 4.83. The van der Waals surface area contributed by atoms with Crippen LogP contribution in [0.4, 0.5) is 0 Å². The molecular formula is C7H15N3O. The number of hydrazine groups is 1. The van der Waals surface area contributed by atoms with Crippen LogP contribution in [0.2, 0.25) is 0 Å². The van der Waals surface area contributed by atoms with Crippen molar-refractivity contribution in [2.24, 2.45) is 17.5 Å². The molecule has 1 saturated carbocycles. The van der Waals surface area contributed by atoms with Gasteiger partial charge in [-0.2, -0.15) is 0 Å². The minimum atomic E-state index is -0.114. The van der Waals surface area contributed by atoms with Crippen LogP contribution in [0.25, 0.3) is 0 Å². The number of rotatable bonds is 1. The van der Waals surface area contributed by atoms with Gasteiger partial charge in [-0.05, 0) is 12.8 Å². The van der Waals surface area contributed by atoms with Crippen molar-refractivity contribution in [3.8, 4) is 0 Å². The minimum absolute atomic E-state index is 0.00676. The number of amides is 1. The quantitative estimate of drug-likeness (QED) is 0.272. The fraction of sp³-hybridized carbons (Fsp3) is 0.857. The summed E-state index contributed by atoms with van der Waals surface area (Å²) >= 11 is 0. The van der Waals surface area contributed by atoms with Crippen molar-refractivity contribution in [1.82, 2.24) is 5.43 Å². The summed E-state index contributed by atoms with van der Waals surface area (Å²) in [6.07, 6.45) is 4.05. The lowest BCUT2D eigenvalue weighted by Gasteiger charge is -2.26. The van der Waals surface area contributed by atoms with Crippen molar-refractivity contribution in [2.75, 3.05) is 0 Å². The fourth-order valence-electron chi connectivity index (χ4n) is 1.59. The molecule has 5 N–H and O–H groups in total. The second kappa shape index (κ2) is 3.69.